The van der Waals surface area contributed by atoms with Gasteiger partial charge in [0, 0.05) is 24.2 Å². The van der Waals surface area contributed by atoms with Gasteiger partial charge in [-0.3, -0.25) is 0 Å². The van der Waals surface area contributed by atoms with Gasteiger partial charge in [0.05, 0.1) is 6.04 Å². The van der Waals surface area contributed by atoms with Crippen molar-refractivity contribution in [3.63, 3.8) is 0 Å². The minimum absolute atomic E-state index is 0.0280. The van der Waals surface area contributed by atoms with Crippen LogP contribution >= 0.6 is 11.3 Å². The summed E-state index contributed by atoms with van der Waals surface area (Å²) in [4.78, 5) is 4.35. The summed E-state index contributed by atoms with van der Waals surface area (Å²) in [5.74, 6) is 0. The Hall–Kier alpha value is -1.23. The topological polar surface area (TPSA) is 50.9 Å². The summed E-state index contributed by atoms with van der Waals surface area (Å²) in [5, 5.41) is 6.64. The third kappa shape index (κ3) is 3.38. The van der Waals surface area contributed by atoms with Crippen LogP contribution in [0.4, 0.5) is 0 Å². The molecule has 2 rings (SSSR count). The van der Waals surface area contributed by atoms with Gasteiger partial charge in [0.15, 0.2) is 0 Å². The maximum Gasteiger partial charge on any atom is 0.109 e. The van der Waals surface area contributed by atoms with Gasteiger partial charge < -0.3 is 11.1 Å². The number of nitrogens with one attached hydrogen (secondary N) is 1. The molecule has 18 heavy (non-hydrogen) atoms. The van der Waals surface area contributed by atoms with Crippen molar-refractivity contribution >= 4 is 11.3 Å². The van der Waals surface area contributed by atoms with E-state index in [2.05, 4.69) is 29.4 Å². The lowest BCUT2D eigenvalue weighted by molar-refractivity contribution is 0.486. The van der Waals surface area contributed by atoms with Crippen LogP contribution in [0, 0.1) is 0 Å². The highest BCUT2D eigenvalue weighted by molar-refractivity contribution is 7.09. The predicted molar refractivity (Wildman–Crippen MR) is 76.5 cm³/mol. The van der Waals surface area contributed by atoms with Crippen molar-refractivity contribution in [1.29, 1.82) is 0 Å². The Morgan fingerprint density at radius 2 is 2.11 bits per heavy atom. The van der Waals surface area contributed by atoms with Crippen LogP contribution in [0.15, 0.2) is 41.9 Å². The van der Waals surface area contributed by atoms with Crippen LogP contribution in [0.3, 0.4) is 0 Å². The Labute approximate surface area is 112 Å². The van der Waals surface area contributed by atoms with E-state index in [1.807, 2.05) is 29.8 Å². The van der Waals surface area contributed by atoms with Gasteiger partial charge >= 0.3 is 0 Å². The molecule has 0 fully saturated rings. The second kappa shape index (κ2) is 6.64. The lowest BCUT2D eigenvalue weighted by Gasteiger charge is -2.18. The molecule has 0 aliphatic heterocycles. The Morgan fingerprint density at radius 1 is 1.33 bits per heavy atom. The van der Waals surface area contributed by atoms with Gasteiger partial charge in [-0.2, -0.15) is 0 Å². The molecule has 4 heteroatoms. The maximum absolute atomic E-state index is 6.17. The number of rotatable bonds is 6. The van der Waals surface area contributed by atoms with Crippen LogP contribution in [-0.2, 0) is 0 Å². The van der Waals surface area contributed by atoms with E-state index in [-0.39, 0.29) is 6.04 Å². The summed E-state index contributed by atoms with van der Waals surface area (Å²) in [5.41, 5.74) is 7.34. The zero-order valence-corrected chi connectivity index (χ0v) is 11.4. The molecule has 2 atom stereocenters. The molecule has 0 radical (unpaired) electrons. The molecule has 0 amide bonds. The average Bonchev–Trinajstić information content (AvgIpc) is 2.94. The van der Waals surface area contributed by atoms with Crippen molar-refractivity contribution in [3.8, 4) is 0 Å². The molecule has 0 spiro atoms. The Morgan fingerprint density at radius 3 is 2.72 bits per heavy atom. The highest BCUT2D eigenvalue weighted by Crippen LogP contribution is 2.19. The van der Waals surface area contributed by atoms with Crippen molar-refractivity contribution in [2.75, 3.05) is 6.54 Å². The van der Waals surface area contributed by atoms with Crippen LogP contribution in [0.1, 0.15) is 36.0 Å². The molecule has 1 aromatic carbocycles. The van der Waals surface area contributed by atoms with Crippen molar-refractivity contribution in [2.45, 2.75) is 25.4 Å². The summed E-state index contributed by atoms with van der Waals surface area (Å²) in [6.07, 6.45) is 2.87. The van der Waals surface area contributed by atoms with Gasteiger partial charge in [0.2, 0.25) is 0 Å². The Kier molecular flexibility index (Phi) is 4.87. The molecular formula is C14H19N3S. The Bertz CT molecular complexity index is 441. The van der Waals surface area contributed by atoms with E-state index in [1.54, 1.807) is 11.3 Å². The van der Waals surface area contributed by atoms with E-state index >= 15 is 0 Å². The van der Waals surface area contributed by atoms with Crippen LogP contribution in [-0.4, -0.2) is 11.5 Å². The normalized spacial score (nSPS) is 14.3. The van der Waals surface area contributed by atoms with Gasteiger partial charge in [0.1, 0.15) is 5.01 Å². The molecule has 3 N–H and O–H groups in total. The minimum atomic E-state index is 0.0280. The first kappa shape index (κ1) is 13.2. The number of hydrogen-bond acceptors (Lipinski definition) is 4. The molecule has 1 aromatic heterocycles. The molecule has 0 bridgehead atoms. The standard InChI is InChI=1S/C14H19N3S/c1-2-13(14-16-8-9-18-14)17-10-12(15)11-6-4-3-5-7-11/h3-9,12-13,17H,2,10,15H2,1H3. The largest absolute Gasteiger partial charge is 0.323 e. The van der Waals surface area contributed by atoms with Gasteiger partial charge in [-0.1, -0.05) is 37.3 Å². The second-order valence-corrected chi connectivity index (χ2v) is 5.18. The number of aromatic nitrogens is 1. The Balaban J connectivity index is 1.91. The summed E-state index contributed by atoms with van der Waals surface area (Å²) in [7, 11) is 0. The number of hydrogen-bond donors (Lipinski definition) is 2. The first-order chi connectivity index (χ1) is 8.81. The van der Waals surface area contributed by atoms with E-state index in [4.69, 9.17) is 5.73 Å². The second-order valence-electron chi connectivity index (χ2n) is 4.26. The quantitative estimate of drug-likeness (QED) is 0.840. The number of thiazole rings is 1. The van der Waals surface area contributed by atoms with Crippen LogP contribution in [0.2, 0.25) is 0 Å². The van der Waals surface area contributed by atoms with Crippen LogP contribution in [0.5, 0.6) is 0 Å². The smallest absolute Gasteiger partial charge is 0.109 e. The molecule has 2 unspecified atom stereocenters. The van der Waals surface area contributed by atoms with Crippen LogP contribution in [0.25, 0.3) is 0 Å². The summed E-state index contributed by atoms with van der Waals surface area (Å²) in [6.45, 7) is 2.93. The highest BCUT2D eigenvalue weighted by atomic mass is 32.1. The van der Waals surface area contributed by atoms with E-state index < -0.39 is 0 Å². The molecule has 1 heterocycles. The average molecular weight is 261 g/mol. The summed E-state index contributed by atoms with van der Waals surface area (Å²) < 4.78 is 0. The molecule has 96 valence electrons. The number of nitrogens with zero attached hydrogens (tertiary/aromatic N) is 1. The molecule has 0 aliphatic carbocycles. The number of benzene rings is 1. The maximum atomic E-state index is 6.17. The van der Waals surface area contributed by atoms with Crippen molar-refractivity contribution in [2.24, 2.45) is 5.73 Å². The molecule has 0 saturated heterocycles. The molecule has 2 aromatic rings. The third-order valence-electron chi connectivity index (χ3n) is 2.97. The fourth-order valence-electron chi connectivity index (χ4n) is 1.90. The van der Waals surface area contributed by atoms with Crippen LogP contribution < -0.4 is 11.1 Å². The monoisotopic (exact) mass is 261 g/mol. The fourth-order valence-corrected chi connectivity index (χ4v) is 2.70. The lowest BCUT2D eigenvalue weighted by atomic mass is 10.1. The number of nitrogens with two attached hydrogens (primary N) is 1. The van der Waals surface area contributed by atoms with Crippen molar-refractivity contribution < 1.29 is 0 Å². The zero-order valence-electron chi connectivity index (χ0n) is 10.5. The van der Waals surface area contributed by atoms with Crippen molar-refractivity contribution in [3.05, 3.63) is 52.5 Å². The fraction of sp³-hybridized carbons (Fsp3) is 0.357. The van der Waals surface area contributed by atoms with E-state index in [0.29, 0.717) is 6.04 Å². The van der Waals surface area contributed by atoms with Gasteiger partial charge in [0.25, 0.3) is 0 Å². The van der Waals surface area contributed by atoms with Gasteiger partial charge in [-0.25, -0.2) is 4.98 Å². The molecule has 0 saturated carbocycles. The predicted octanol–water partition coefficient (Wildman–Crippen LogP) is 2.88. The third-order valence-corrected chi connectivity index (χ3v) is 3.86. The summed E-state index contributed by atoms with van der Waals surface area (Å²) >= 11 is 1.69. The highest BCUT2D eigenvalue weighted by Gasteiger charge is 2.13. The zero-order chi connectivity index (χ0) is 12.8. The molecule has 0 aliphatic rings. The van der Waals surface area contributed by atoms with Gasteiger partial charge in [-0.15, -0.1) is 11.3 Å². The molecule has 3 nitrogen and oxygen atoms in total. The van der Waals surface area contributed by atoms with Crippen molar-refractivity contribution in [1.82, 2.24) is 10.3 Å². The minimum Gasteiger partial charge on any atom is -0.323 e. The van der Waals surface area contributed by atoms with E-state index in [0.717, 1.165) is 18.0 Å². The summed E-state index contributed by atoms with van der Waals surface area (Å²) in [6, 6.07) is 10.5. The molecular weight excluding hydrogens is 242 g/mol. The first-order valence-electron chi connectivity index (χ1n) is 6.24. The van der Waals surface area contributed by atoms with E-state index in [1.165, 1.54) is 5.56 Å². The SMILES string of the molecule is CCC(NCC(N)c1ccccc1)c1nccs1. The lowest BCUT2D eigenvalue weighted by Crippen LogP contribution is -2.30. The first-order valence-corrected chi connectivity index (χ1v) is 7.12. The van der Waals surface area contributed by atoms with E-state index in [9.17, 15) is 0 Å². The van der Waals surface area contributed by atoms with Gasteiger partial charge in [-0.05, 0) is 12.0 Å².